The van der Waals surface area contributed by atoms with Gasteiger partial charge >= 0.3 is 0 Å². The smallest absolute Gasteiger partial charge is 0.268 e. The number of nitrogens with zero attached hydrogens (tertiary/aromatic N) is 3. The molecule has 8 nitrogen and oxygen atoms in total. The molecule has 0 fully saturated rings. The summed E-state index contributed by atoms with van der Waals surface area (Å²) in [7, 11) is -3.71. The van der Waals surface area contributed by atoms with E-state index >= 15 is 0 Å². The van der Waals surface area contributed by atoms with Crippen LogP contribution in [0.15, 0.2) is 109 Å². The van der Waals surface area contributed by atoms with Gasteiger partial charge in [-0.2, -0.15) is 0 Å². The first-order chi connectivity index (χ1) is 17.0. The molecule has 172 valence electrons. The maximum atomic E-state index is 13.1. The van der Waals surface area contributed by atoms with Gasteiger partial charge in [0.2, 0.25) is 0 Å². The van der Waals surface area contributed by atoms with Crippen LogP contribution in [-0.4, -0.2) is 28.3 Å². The summed E-state index contributed by atoms with van der Waals surface area (Å²) in [6.07, 6.45) is 4.21. The summed E-state index contributed by atoms with van der Waals surface area (Å²) in [4.78, 5) is 20.7. The molecule has 2 aromatic heterocycles. The predicted molar refractivity (Wildman–Crippen MR) is 136 cm³/mol. The van der Waals surface area contributed by atoms with E-state index in [0.717, 1.165) is 11.1 Å². The number of anilines is 3. The van der Waals surface area contributed by atoms with Gasteiger partial charge in [0.25, 0.3) is 15.9 Å². The van der Waals surface area contributed by atoms with Crippen LogP contribution >= 0.6 is 0 Å². The Hall–Kier alpha value is -4.72. The van der Waals surface area contributed by atoms with Gasteiger partial charge in [-0.05, 0) is 54.6 Å². The molecule has 0 saturated carbocycles. The molecule has 0 atom stereocenters. The monoisotopic (exact) mass is 481 g/mol. The van der Waals surface area contributed by atoms with Crippen LogP contribution in [0, 0.1) is 0 Å². The van der Waals surface area contributed by atoms with Crippen LogP contribution in [0.25, 0.3) is 21.8 Å². The number of hydrogen-bond acceptors (Lipinski definition) is 6. The van der Waals surface area contributed by atoms with Crippen molar-refractivity contribution in [2.24, 2.45) is 0 Å². The number of aromatic nitrogens is 3. The molecule has 0 unspecified atom stereocenters. The van der Waals surface area contributed by atoms with Crippen LogP contribution in [0.4, 0.5) is 17.2 Å². The Morgan fingerprint density at radius 3 is 2.57 bits per heavy atom. The number of hydrogen-bond donors (Lipinski definition) is 2. The van der Waals surface area contributed by atoms with E-state index in [2.05, 4.69) is 32.9 Å². The Morgan fingerprint density at radius 1 is 0.971 bits per heavy atom. The summed E-state index contributed by atoms with van der Waals surface area (Å²) >= 11 is 0. The molecule has 9 heteroatoms. The van der Waals surface area contributed by atoms with Gasteiger partial charge < -0.3 is 10.6 Å². The van der Waals surface area contributed by atoms with E-state index in [1.54, 1.807) is 72.9 Å². The van der Waals surface area contributed by atoms with Crippen LogP contribution < -0.4 is 10.6 Å². The minimum atomic E-state index is -3.71. The van der Waals surface area contributed by atoms with Crippen LogP contribution in [0.3, 0.4) is 0 Å². The van der Waals surface area contributed by atoms with Gasteiger partial charge in [-0.1, -0.05) is 24.8 Å². The molecule has 2 N–H and O–H groups in total. The van der Waals surface area contributed by atoms with Crippen LogP contribution in [-0.2, 0) is 14.8 Å². The summed E-state index contributed by atoms with van der Waals surface area (Å²) in [6, 6.07) is 20.7. The van der Waals surface area contributed by atoms with Gasteiger partial charge in [-0.15, -0.1) is 5.73 Å². The van der Waals surface area contributed by atoms with E-state index in [1.807, 2.05) is 6.07 Å². The van der Waals surface area contributed by atoms with Crippen molar-refractivity contribution in [2.45, 2.75) is 4.90 Å². The quantitative estimate of drug-likeness (QED) is 0.265. The van der Waals surface area contributed by atoms with Gasteiger partial charge in [0.15, 0.2) is 0 Å². The molecule has 1 amide bonds. The predicted octanol–water partition coefficient (Wildman–Crippen LogP) is 4.84. The van der Waals surface area contributed by atoms with Gasteiger partial charge in [0.1, 0.15) is 12.1 Å². The summed E-state index contributed by atoms with van der Waals surface area (Å²) in [5.74, 6) is 0.201. The minimum absolute atomic E-state index is 0.221. The second-order valence-corrected chi connectivity index (χ2v) is 9.44. The number of benzene rings is 3. The normalized spacial score (nSPS) is 11.2. The Kier molecular flexibility index (Phi) is 5.62. The average molecular weight is 482 g/mol. The Bertz CT molecular complexity index is 1740. The first-order valence-corrected chi connectivity index (χ1v) is 12.0. The summed E-state index contributed by atoms with van der Waals surface area (Å²) in [6.45, 7) is 3.40. The van der Waals surface area contributed by atoms with Crippen molar-refractivity contribution in [2.75, 3.05) is 10.6 Å². The zero-order valence-electron chi connectivity index (χ0n) is 18.3. The van der Waals surface area contributed by atoms with Gasteiger partial charge in [-0.3, -0.25) is 4.79 Å². The van der Waals surface area contributed by atoms with E-state index in [1.165, 1.54) is 16.4 Å². The molecule has 5 aromatic rings. The highest BCUT2D eigenvalue weighted by atomic mass is 32.2. The zero-order valence-corrected chi connectivity index (χ0v) is 19.2. The van der Waals surface area contributed by atoms with E-state index in [9.17, 15) is 13.2 Å². The van der Waals surface area contributed by atoms with E-state index < -0.39 is 10.0 Å². The van der Waals surface area contributed by atoms with Crippen LogP contribution in [0.1, 0.15) is 0 Å². The van der Waals surface area contributed by atoms with E-state index in [0.29, 0.717) is 27.9 Å². The number of carbonyl (C=O) groups excluding carboxylic acids is 1. The lowest BCUT2D eigenvalue weighted by Gasteiger charge is -2.11. The second-order valence-electron chi connectivity index (χ2n) is 7.62. The molecule has 0 aliphatic carbocycles. The fraction of sp³-hybridized carbons (Fsp3) is 0. The fourth-order valence-electron chi connectivity index (χ4n) is 3.75. The van der Waals surface area contributed by atoms with Crippen molar-refractivity contribution in [3.63, 3.8) is 0 Å². The molecule has 0 aliphatic rings. The molecule has 2 heterocycles. The molecule has 3 aromatic carbocycles. The van der Waals surface area contributed by atoms with E-state index in [-0.39, 0.29) is 10.8 Å². The third kappa shape index (κ3) is 4.29. The highest BCUT2D eigenvalue weighted by molar-refractivity contribution is 7.90. The lowest BCUT2D eigenvalue weighted by Crippen LogP contribution is -2.11. The zero-order chi connectivity index (χ0) is 24.4. The Balaban J connectivity index is 1.49. The van der Waals surface area contributed by atoms with Gasteiger partial charge in [0, 0.05) is 34.4 Å². The van der Waals surface area contributed by atoms with Crippen molar-refractivity contribution in [1.29, 1.82) is 0 Å². The molecule has 0 aliphatic heterocycles. The highest BCUT2D eigenvalue weighted by Gasteiger charge is 2.18. The SMILES string of the molecule is C=C=CC(=O)Nc1ccc2ncnc(Nc3ccc4c(ccn4S(=O)(=O)c4ccccc4)c3)c2c1. The van der Waals surface area contributed by atoms with E-state index in [4.69, 9.17) is 0 Å². The first kappa shape index (κ1) is 22.1. The average Bonchev–Trinajstić information content (AvgIpc) is 3.29. The molecular formula is C26H19N5O3S. The molecule has 35 heavy (non-hydrogen) atoms. The fourth-order valence-corrected chi connectivity index (χ4v) is 5.13. The summed E-state index contributed by atoms with van der Waals surface area (Å²) in [5, 5.41) is 7.47. The molecule has 0 spiro atoms. The third-order valence-corrected chi connectivity index (χ3v) is 7.06. The molecule has 5 rings (SSSR count). The topological polar surface area (TPSA) is 106 Å². The Labute approximate surface area is 201 Å². The van der Waals surface area contributed by atoms with Crippen molar-refractivity contribution in [1.82, 2.24) is 13.9 Å². The second kappa shape index (κ2) is 8.90. The number of nitrogens with one attached hydrogen (secondary N) is 2. The van der Waals surface area contributed by atoms with Gasteiger partial charge in [0.05, 0.1) is 15.9 Å². The molecule has 0 radical (unpaired) electrons. The van der Waals surface area contributed by atoms with Crippen molar-refractivity contribution in [3.05, 3.63) is 104 Å². The van der Waals surface area contributed by atoms with Crippen molar-refractivity contribution < 1.29 is 13.2 Å². The highest BCUT2D eigenvalue weighted by Crippen LogP contribution is 2.29. The maximum absolute atomic E-state index is 13.1. The lowest BCUT2D eigenvalue weighted by molar-refractivity contribution is -0.111. The lowest BCUT2D eigenvalue weighted by atomic mass is 10.2. The molecule has 0 bridgehead atoms. The van der Waals surface area contributed by atoms with Crippen LogP contribution in [0.5, 0.6) is 0 Å². The minimum Gasteiger partial charge on any atom is -0.340 e. The van der Waals surface area contributed by atoms with Crippen LogP contribution in [0.2, 0.25) is 0 Å². The van der Waals surface area contributed by atoms with Gasteiger partial charge in [-0.25, -0.2) is 22.4 Å². The maximum Gasteiger partial charge on any atom is 0.268 e. The number of fused-ring (bicyclic) bond motifs is 2. The number of carbonyl (C=O) groups is 1. The molecule has 0 saturated heterocycles. The molecular weight excluding hydrogens is 462 g/mol. The van der Waals surface area contributed by atoms with Crippen molar-refractivity contribution in [3.8, 4) is 0 Å². The summed E-state index contributed by atoms with van der Waals surface area (Å²) < 4.78 is 27.4. The van der Waals surface area contributed by atoms with Crippen molar-refractivity contribution >= 4 is 54.9 Å². The number of amides is 1. The number of rotatable bonds is 6. The third-order valence-electron chi connectivity index (χ3n) is 5.35. The first-order valence-electron chi connectivity index (χ1n) is 10.6. The largest absolute Gasteiger partial charge is 0.340 e. The summed E-state index contributed by atoms with van der Waals surface area (Å²) in [5.41, 5.74) is 4.99. The Morgan fingerprint density at radius 2 is 1.77 bits per heavy atom. The standard InChI is InChI=1S/C26H19N5O3S/c1-2-6-25(32)29-20-9-11-23-22(16-20)26(28-17-27-23)30-19-10-12-24-18(15-19)13-14-31(24)35(33,34)21-7-4-3-5-8-21/h3-17H,1H2,(H,29,32)(H,27,28,30).